The predicted molar refractivity (Wildman–Crippen MR) is 79.0 cm³/mol. The number of rotatable bonds is 3. The lowest BCUT2D eigenvalue weighted by Gasteiger charge is -2.34. The molecule has 1 aliphatic heterocycles. The van der Waals surface area contributed by atoms with Crippen molar-refractivity contribution in [1.82, 2.24) is 19.8 Å². The first-order valence-corrected chi connectivity index (χ1v) is 8.35. The average Bonchev–Trinajstić information content (AvgIpc) is 3.19. The monoisotopic (exact) mass is 308 g/mol. The molecule has 114 valence electrons. The highest BCUT2D eigenvalue weighted by Gasteiger charge is 2.46. The van der Waals surface area contributed by atoms with E-state index in [2.05, 4.69) is 14.9 Å². The van der Waals surface area contributed by atoms with Gasteiger partial charge in [-0.2, -0.15) is 0 Å². The Hall–Kier alpha value is -1.50. The Balaban J connectivity index is 1.74. The summed E-state index contributed by atoms with van der Waals surface area (Å²) in [4.78, 5) is 26.8. The number of hydrogen-bond donors (Lipinski definition) is 1. The van der Waals surface area contributed by atoms with Gasteiger partial charge in [-0.25, -0.2) is 0 Å². The molecule has 21 heavy (non-hydrogen) atoms. The average molecular weight is 308 g/mol. The van der Waals surface area contributed by atoms with E-state index in [0.717, 1.165) is 30.8 Å². The van der Waals surface area contributed by atoms with Crippen molar-refractivity contribution >= 4 is 23.3 Å². The SMILES string of the molecule is CC1(C(=O)NC2CCCC2)CCCN1C(=O)c1csnn1. The van der Waals surface area contributed by atoms with E-state index < -0.39 is 5.54 Å². The lowest BCUT2D eigenvalue weighted by Crippen LogP contribution is -2.57. The second kappa shape index (κ2) is 5.71. The Morgan fingerprint density at radius 1 is 1.38 bits per heavy atom. The van der Waals surface area contributed by atoms with E-state index in [-0.39, 0.29) is 17.9 Å². The normalized spacial score (nSPS) is 26.2. The highest BCUT2D eigenvalue weighted by Crippen LogP contribution is 2.31. The van der Waals surface area contributed by atoms with Crippen molar-refractivity contribution in [3.8, 4) is 0 Å². The van der Waals surface area contributed by atoms with Crippen LogP contribution in [-0.4, -0.2) is 44.4 Å². The lowest BCUT2D eigenvalue weighted by atomic mass is 9.96. The minimum absolute atomic E-state index is 0.0246. The second-order valence-corrected chi connectivity index (χ2v) is 6.69. The number of hydrogen-bond acceptors (Lipinski definition) is 5. The van der Waals surface area contributed by atoms with E-state index >= 15 is 0 Å². The van der Waals surface area contributed by atoms with Crippen LogP contribution in [0.4, 0.5) is 0 Å². The van der Waals surface area contributed by atoms with Crippen LogP contribution in [0.1, 0.15) is 55.9 Å². The zero-order valence-corrected chi connectivity index (χ0v) is 13.0. The van der Waals surface area contributed by atoms with Crippen LogP contribution in [0.2, 0.25) is 0 Å². The van der Waals surface area contributed by atoms with Gasteiger partial charge in [0.2, 0.25) is 5.91 Å². The first kappa shape index (κ1) is 14.4. The third-order valence-electron chi connectivity index (χ3n) is 4.64. The molecule has 0 radical (unpaired) electrons. The molecule has 1 atom stereocenters. The summed E-state index contributed by atoms with van der Waals surface area (Å²) in [5.41, 5.74) is -0.426. The Morgan fingerprint density at radius 2 is 2.14 bits per heavy atom. The molecule has 1 unspecified atom stereocenters. The minimum atomic E-state index is -0.761. The standard InChI is InChI=1S/C14H20N4O2S/c1-14(13(20)15-10-5-2-3-6-10)7-4-8-18(14)12(19)11-9-21-17-16-11/h9-10H,2-8H2,1H3,(H,15,20). The van der Waals surface area contributed by atoms with Crippen LogP contribution in [0.25, 0.3) is 0 Å². The quantitative estimate of drug-likeness (QED) is 0.920. The molecule has 2 amide bonds. The van der Waals surface area contributed by atoms with Gasteiger partial charge in [-0.05, 0) is 44.1 Å². The summed E-state index contributed by atoms with van der Waals surface area (Å²) in [7, 11) is 0. The van der Waals surface area contributed by atoms with Crippen molar-refractivity contribution in [2.45, 2.75) is 57.0 Å². The Labute approximate surface area is 128 Å². The summed E-state index contributed by atoms with van der Waals surface area (Å²) >= 11 is 1.15. The van der Waals surface area contributed by atoms with Crippen LogP contribution >= 0.6 is 11.5 Å². The first-order valence-electron chi connectivity index (χ1n) is 7.51. The van der Waals surface area contributed by atoms with Crippen LogP contribution < -0.4 is 5.32 Å². The van der Waals surface area contributed by atoms with Gasteiger partial charge < -0.3 is 10.2 Å². The Kier molecular flexibility index (Phi) is 3.93. The zero-order valence-electron chi connectivity index (χ0n) is 12.2. The maximum Gasteiger partial charge on any atom is 0.276 e. The molecule has 0 bridgehead atoms. The summed E-state index contributed by atoms with van der Waals surface area (Å²) < 4.78 is 3.73. The summed E-state index contributed by atoms with van der Waals surface area (Å²) in [6.45, 7) is 2.47. The van der Waals surface area contributed by atoms with E-state index in [9.17, 15) is 9.59 Å². The minimum Gasteiger partial charge on any atom is -0.351 e. The van der Waals surface area contributed by atoms with E-state index in [1.165, 1.54) is 12.8 Å². The van der Waals surface area contributed by atoms with Crippen molar-refractivity contribution in [3.63, 3.8) is 0 Å². The summed E-state index contributed by atoms with van der Waals surface area (Å²) in [5, 5.41) is 8.59. The summed E-state index contributed by atoms with van der Waals surface area (Å²) in [5.74, 6) is -0.214. The molecule has 1 aromatic rings. The number of aromatic nitrogens is 2. The topological polar surface area (TPSA) is 75.2 Å². The van der Waals surface area contributed by atoms with Gasteiger partial charge in [0.25, 0.3) is 5.91 Å². The van der Waals surface area contributed by atoms with E-state index in [4.69, 9.17) is 0 Å². The van der Waals surface area contributed by atoms with Gasteiger partial charge in [-0.15, -0.1) is 5.10 Å². The largest absolute Gasteiger partial charge is 0.351 e. The molecule has 2 heterocycles. The van der Waals surface area contributed by atoms with Crippen molar-refractivity contribution in [3.05, 3.63) is 11.1 Å². The van der Waals surface area contributed by atoms with Crippen LogP contribution in [0.3, 0.4) is 0 Å². The Morgan fingerprint density at radius 3 is 2.81 bits per heavy atom. The van der Waals surface area contributed by atoms with Crippen molar-refractivity contribution < 1.29 is 9.59 Å². The van der Waals surface area contributed by atoms with E-state index in [1.807, 2.05) is 6.92 Å². The van der Waals surface area contributed by atoms with E-state index in [0.29, 0.717) is 18.7 Å². The van der Waals surface area contributed by atoms with Crippen molar-refractivity contribution in [2.75, 3.05) is 6.54 Å². The molecule has 1 saturated carbocycles. The molecular weight excluding hydrogens is 288 g/mol. The number of carbonyl (C=O) groups is 2. The molecule has 2 aliphatic rings. The van der Waals surface area contributed by atoms with Gasteiger partial charge in [-0.1, -0.05) is 17.3 Å². The lowest BCUT2D eigenvalue weighted by molar-refractivity contribution is -0.130. The fourth-order valence-corrected chi connectivity index (χ4v) is 3.76. The third-order valence-corrected chi connectivity index (χ3v) is 5.15. The van der Waals surface area contributed by atoms with Crippen molar-refractivity contribution in [2.24, 2.45) is 0 Å². The van der Waals surface area contributed by atoms with Gasteiger partial charge >= 0.3 is 0 Å². The van der Waals surface area contributed by atoms with Crippen LogP contribution in [0, 0.1) is 0 Å². The number of amides is 2. The second-order valence-electron chi connectivity index (χ2n) is 6.08. The number of nitrogens with one attached hydrogen (secondary N) is 1. The van der Waals surface area contributed by atoms with Gasteiger partial charge in [0.15, 0.2) is 5.69 Å². The molecular formula is C14H20N4O2S. The van der Waals surface area contributed by atoms with E-state index in [1.54, 1.807) is 10.3 Å². The molecule has 2 fully saturated rings. The highest BCUT2D eigenvalue weighted by molar-refractivity contribution is 7.03. The smallest absolute Gasteiger partial charge is 0.276 e. The summed E-state index contributed by atoms with van der Waals surface area (Å²) in [6.07, 6.45) is 5.99. The predicted octanol–water partition coefficient (Wildman–Crippen LogP) is 1.59. The van der Waals surface area contributed by atoms with Crippen molar-refractivity contribution in [1.29, 1.82) is 0 Å². The molecule has 6 nitrogen and oxygen atoms in total. The molecule has 0 spiro atoms. The van der Waals surface area contributed by atoms with Crippen LogP contribution in [0.15, 0.2) is 5.38 Å². The summed E-state index contributed by atoms with van der Waals surface area (Å²) in [6, 6.07) is 0.271. The van der Waals surface area contributed by atoms with Gasteiger partial charge in [0.05, 0.1) is 0 Å². The number of likely N-dealkylation sites (tertiary alicyclic amines) is 1. The molecule has 3 rings (SSSR count). The molecule has 1 aromatic heterocycles. The highest BCUT2D eigenvalue weighted by atomic mass is 32.1. The molecule has 0 aromatic carbocycles. The number of nitrogens with zero attached hydrogens (tertiary/aromatic N) is 3. The van der Waals surface area contributed by atoms with Crippen LogP contribution in [-0.2, 0) is 4.79 Å². The maximum absolute atomic E-state index is 12.7. The number of carbonyl (C=O) groups excluding carboxylic acids is 2. The van der Waals surface area contributed by atoms with Crippen LogP contribution in [0.5, 0.6) is 0 Å². The first-order chi connectivity index (χ1) is 10.1. The third kappa shape index (κ3) is 2.66. The maximum atomic E-state index is 12.7. The fraction of sp³-hybridized carbons (Fsp3) is 0.714. The van der Waals surface area contributed by atoms with Gasteiger partial charge in [-0.3, -0.25) is 9.59 Å². The Bertz CT molecular complexity index is 527. The molecule has 1 aliphatic carbocycles. The van der Waals surface area contributed by atoms with Gasteiger partial charge in [0, 0.05) is 18.0 Å². The van der Waals surface area contributed by atoms with Gasteiger partial charge in [0.1, 0.15) is 5.54 Å². The fourth-order valence-electron chi connectivity index (χ4n) is 3.33. The molecule has 1 N–H and O–H groups in total. The zero-order chi connectivity index (χ0) is 14.9. The molecule has 7 heteroatoms. The molecule has 1 saturated heterocycles.